The molecule has 1 N–H and O–H groups in total. The quantitative estimate of drug-likeness (QED) is 0.518. The number of anilines is 1. The van der Waals surface area contributed by atoms with Gasteiger partial charge in [-0.1, -0.05) is 12.1 Å². The number of cyclic esters (lactones) is 1. The number of carbonyl (C=O) groups is 3. The normalized spacial score (nSPS) is 19.5. The number of ether oxygens (including phenoxy) is 1. The van der Waals surface area contributed by atoms with Crippen molar-refractivity contribution >= 4 is 39.4 Å². The number of allylic oxidation sites excluding steroid dienone is 1. The average Bonchev–Trinajstić information content (AvgIpc) is 3.09. The molecule has 0 unspecified atom stereocenters. The number of sulfone groups is 1. The highest BCUT2D eigenvalue weighted by molar-refractivity contribution is 7.90. The Kier molecular flexibility index (Phi) is 6.56. The number of nitrogens with zero attached hydrogens (tertiary/aromatic N) is 1. The number of ketones is 1. The summed E-state index contributed by atoms with van der Waals surface area (Å²) in [6.45, 7) is 1.98. The van der Waals surface area contributed by atoms with E-state index in [4.69, 9.17) is 4.74 Å². The van der Waals surface area contributed by atoms with Crippen LogP contribution in [0.1, 0.15) is 41.3 Å². The molecule has 4 rings (SSSR count). The number of Topliss-reactive ketones (excluding diaryl/α,β-unsaturated/α-hetero) is 1. The highest BCUT2D eigenvalue weighted by atomic mass is 32.2. The van der Waals surface area contributed by atoms with Crippen molar-refractivity contribution in [2.45, 2.75) is 37.2 Å². The van der Waals surface area contributed by atoms with Crippen molar-refractivity contribution in [2.24, 2.45) is 0 Å². The lowest BCUT2D eigenvalue weighted by molar-refractivity contribution is -0.119. The van der Waals surface area contributed by atoms with Crippen LogP contribution in [0.4, 0.5) is 10.5 Å². The predicted octanol–water partition coefficient (Wildman–Crippen LogP) is 3.15. The van der Waals surface area contributed by atoms with Gasteiger partial charge in [-0.3, -0.25) is 14.5 Å². The molecule has 0 aromatic heterocycles. The van der Waals surface area contributed by atoms with E-state index in [0.29, 0.717) is 36.2 Å². The second kappa shape index (κ2) is 9.42. The van der Waals surface area contributed by atoms with Crippen molar-refractivity contribution in [1.29, 1.82) is 0 Å². The standard InChI is InChI=1S/C25H26N2O6S/c1-16(28)26-14-21-15-27(25(30)33-21)20-8-11-23-18(13-20)4-3-5-19(24(23)29)12-17-6-9-22(10-7-17)34(2,31)32/h6-13,21H,3-5,14-15H2,1-2H3,(H,26,28)/t21-/m0/s1. The number of hydrogen-bond acceptors (Lipinski definition) is 6. The van der Waals surface area contributed by atoms with E-state index in [2.05, 4.69) is 5.32 Å². The van der Waals surface area contributed by atoms with Crippen molar-refractivity contribution in [3.8, 4) is 0 Å². The molecule has 0 saturated carbocycles. The molecule has 178 valence electrons. The zero-order valence-corrected chi connectivity index (χ0v) is 19.9. The van der Waals surface area contributed by atoms with E-state index in [9.17, 15) is 22.8 Å². The summed E-state index contributed by atoms with van der Waals surface area (Å²) >= 11 is 0. The van der Waals surface area contributed by atoms with Crippen LogP contribution in [-0.4, -0.2) is 51.7 Å². The van der Waals surface area contributed by atoms with Gasteiger partial charge in [0.15, 0.2) is 15.6 Å². The maximum absolute atomic E-state index is 13.3. The third-order valence-electron chi connectivity index (χ3n) is 5.93. The molecule has 1 aliphatic carbocycles. The number of carbonyl (C=O) groups excluding carboxylic acids is 3. The minimum absolute atomic E-state index is 0.0706. The minimum atomic E-state index is -3.28. The SMILES string of the molecule is CC(=O)NC[C@H]1CN(c2ccc3c(c2)CCCC(=Cc2ccc(S(C)(=O)=O)cc2)C3=O)C(=O)O1. The van der Waals surface area contributed by atoms with Crippen LogP contribution in [0.3, 0.4) is 0 Å². The van der Waals surface area contributed by atoms with Gasteiger partial charge in [0, 0.05) is 30.0 Å². The van der Waals surface area contributed by atoms with E-state index in [0.717, 1.165) is 23.8 Å². The fraction of sp³-hybridized carbons (Fsp3) is 0.320. The van der Waals surface area contributed by atoms with Gasteiger partial charge in [-0.15, -0.1) is 0 Å². The third-order valence-corrected chi connectivity index (χ3v) is 7.06. The molecule has 34 heavy (non-hydrogen) atoms. The summed E-state index contributed by atoms with van der Waals surface area (Å²) in [5.74, 6) is -0.257. The van der Waals surface area contributed by atoms with E-state index < -0.39 is 22.0 Å². The summed E-state index contributed by atoms with van der Waals surface area (Å²) in [7, 11) is -3.28. The minimum Gasteiger partial charge on any atom is -0.442 e. The van der Waals surface area contributed by atoms with Crippen molar-refractivity contribution in [3.05, 3.63) is 64.7 Å². The molecule has 1 saturated heterocycles. The lowest BCUT2D eigenvalue weighted by Crippen LogP contribution is -2.33. The monoisotopic (exact) mass is 482 g/mol. The van der Waals surface area contributed by atoms with E-state index in [1.165, 1.54) is 24.0 Å². The topological polar surface area (TPSA) is 110 Å². The van der Waals surface area contributed by atoms with E-state index >= 15 is 0 Å². The molecule has 2 aromatic rings. The van der Waals surface area contributed by atoms with Crippen LogP contribution in [0.15, 0.2) is 52.9 Å². The summed E-state index contributed by atoms with van der Waals surface area (Å²) in [5, 5.41) is 2.66. The summed E-state index contributed by atoms with van der Waals surface area (Å²) in [6, 6.07) is 11.8. The first-order chi connectivity index (χ1) is 16.1. The second-order valence-corrected chi connectivity index (χ2v) is 10.6. The Bertz CT molecular complexity index is 1280. The number of rotatable bonds is 5. The zero-order valence-electron chi connectivity index (χ0n) is 19.0. The van der Waals surface area contributed by atoms with Crippen LogP contribution < -0.4 is 10.2 Å². The highest BCUT2D eigenvalue weighted by Crippen LogP contribution is 2.30. The number of hydrogen-bond donors (Lipinski definition) is 1. The number of nitrogens with one attached hydrogen (secondary N) is 1. The molecule has 1 atom stereocenters. The molecule has 2 aliphatic rings. The number of fused-ring (bicyclic) bond motifs is 1. The summed E-state index contributed by atoms with van der Waals surface area (Å²) < 4.78 is 28.7. The Morgan fingerprint density at radius 3 is 2.56 bits per heavy atom. The molecule has 0 radical (unpaired) electrons. The first-order valence-corrected chi connectivity index (χ1v) is 12.9. The van der Waals surface area contributed by atoms with Crippen LogP contribution in [-0.2, 0) is 25.8 Å². The maximum Gasteiger partial charge on any atom is 0.414 e. The molecule has 2 aromatic carbocycles. The van der Waals surface area contributed by atoms with Gasteiger partial charge < -0.3 is 10.1 Å². The van der Waals surface area contributed by atoms with Crippen LogP contribution in [0.25, 0.3) is 6.08 Å². The van der Waals surface area contributed by atoms with Crippen molar-refractivity contribution in [2.75, 3.05) is 24.2 Å². The molecule has 1 heterocycles. The summed E-state index contributed by atoms with van der Waals surface area (Å²) in [5.41, 5.74) is 3.56. The van der Waals surface area contributed by atoms with Crippen LogP contribution in [0.2, 0.25) is 0 Å². The van der Waals surface area contributed by atoms with E-state index in [-0.39, 0.29) is 23.1 Å². The third kappa shape index (κ3) is 5.20. The van der Waals surface area contributed by atoms with Crippen molar-refractivity contribution < 1.29 is 27.5 Å². The van der Waals surface area contributed by atoms with Crippen LogP contribution in [0, 0.1) is 0 Å². The highest BCUT2D eigenvalue weighted by Gasteiger charge is 2.33. The number of benzene rings is 2. The van der Waals surface area contributed by atoms with Gasteiger partial charge in [-0.25, -0.2) is 13.2 Å². The largest absolute Gasteiger partial charge is 0.442 e. The van der Waals surface area contributed by atoms with Crippen LogP contribution >= 0.6 is 0 Å². The fourth-order valence-electron chi connectivity index (χ4n) is 4.18. The maximum atomic E-state index is 13.3. The van der Waals surface area contributed by atoms with Gasteiger partial charge in [0.25, 0.3) is 0 Å². The second-order valence-electron chi connectivity index (χ2n) is 8.59. The van der Waals surface area contributed by atoms with Gasteiger partial charge in [-0.2, -0.15) is 0 Å². The molecule has 0 spiro atoms. The Balaban J connectivity index is 1.54. The first-order valence-electron chi connectivity index (χ1n) is 11.0. The fourth-order valence-corrected chi connectivity index (χ4v) is 4.81. The molecule has 9 heteroatoms. The molecule has 2 amide bonds. The van der Waals surface area contributed by atoms with Gasteiger partial charge in [0.2, 0.25) is 5.91 Å². The predicted molar refractivity (Wildman–Crippen MR) is 128 cm³/mol. The number of amides is 2. The van der Waals surface area contributed by atoms with Gasteiger partial charge in [0.05, 0.1) is 18.0 Å². The van der Waals surface area contributed by atoms with Crippen molar-refractivity contribution in [1.82, 2.24) is 5.32 Å². The molecule has 8 nitrogen and oxygen atoms in total. The van der Waals surface area contributed by atoms with Crippen LogP contribution in [0.5, 0.6) is 0 Å². The zero-order chi connectivity index (χ0) is 24.5. The molecule has 1 aliphatic heterocycles. The van der Waals surface area contributed by atoms with E-state index in [1.54, 1.807) is 24.3 Å². The Hall–Kier alpha value is -3.46. The summed E-state index contributed by atoms with van der Waals surface area (Å²) in [4.78, 5) is 38.5. The molecule has 1 fully saturated rings. The Morgan fingerprint density at radius 1 is 1.15 bits per heavy atom. The number of aryl methyl sites for hydroxylation is 1. The first kappa shape index (κ1) is 23.7. The lowest BCUT2D eigenvalue weighted by atomic mass is 9.97. The van der Waals surface area contributed by atoms with E-state index in [1.807, 2.05) is 12.1 Å². The van der Waals surface area contributed by atoms with Gasteiger partial charge >= 0.3 is 6.09 Å². The molecular formula is C25H26N2O6S. The Labute approximate surface area is 198 Å². The average molecular weight is 483 g/mol. The molecular weight excluding hydrogens is 456 g/mol. The molecule has 0 bridgehead atoms. The smallest absolute Gasteiger partial charge is 0.414 e. The lowest BCUT2D eigenvalue weighted by Gasteiger charge is -2.16. The van der Waals surface area contributed by atoms with Gasteiger partial charge in [-0.05, 0) is 66.8 Å². The Morgan fingerprint density at radius 2 is 1.88 bits per heavy atom. The van der Waals surface area contributed by atoms with Crippen molar-refractivity contribution in [3.63, 3.8) is 0 Å². The summed E-state index contributed by atoms with van der Waals surface area (Å²) in [6.07, 6.45) is 4.12. The van der Waals surface area contributed by atoms with Gasteiger partial charge in [0.1, 0.15) is 6.10 Å².